The summed E-state index contributed by atoms with van der Waals surface area (Å²) in [5.74, 6) is -1.29. The molecule has 7 heteroatoms. The second-order valence-electron chi connectivity index (χ2n) is 5.96. The maximum absolute atomic E-state index is 12.2. The quantitative estimate of drug-likeness (QED) is 0.694. The molecule has 1 rings (SSSR count). The first-order valence-electron chi connectivity index (χ1n) is 7.25. The van der Waals surface area contributed by atoms with Gasteiger partial charge in [-0.2, -0.15) is 0 Å². The Bertz CT molecular complexity index is 426. The number of urea groups is 1. The molecule has 0 bridgehead atoms. The van der Waals surface area contributed by atoms with E-state index in [0.717, 1.165) is 0 Å². The maximum Gasteiger partial charge on any atom is 0.326 e. The highest BCUT2D eigenvalue weighted by Crippen LogP contribution is 2.30. The molecule has 0 saturated carbocycles. The highest BCUT2D eigenvalue weighted by molar-refractivity contribution is 5.86. The number of carbonyl (C=O) groups is 3. The third-order valence-corrected chi connectivity index (χ3v) is 4.29. The normalized spacial score (nSPS) is 24.3. The summed E-state index contributed by atoms with van der Waals surface area (Å²) in [5.41, 5.74) is -0.610. The molecule has 1 aliphatic heterocycles. The summed E-state index contributed by atoms with van der Waals surface area (Å²) in [5, 5.41) is 14.4. The van der Waals surface area contributed by atoms with Crippen LogP contribution in [0.25, 0.3) is 0 Å². The first-order valence-corrected chi connectivity index (χ1v) is 7.25. The third-order valence-electron chi connectivity index (χ3n) is 4.29. The van der Waals surface area contributed by atoms with Crippen LogP contribution in [0.4, 0.5) is 4.79 Å². The molecule has 1 aliphatic rings. The van der Waals surface area contributed by atoms with E-state index in [0.29, 0.717) is 25.9 Å². The van der Waals surface area contributed by atoms with Gasteiger partial charge in [-0.05, 0) is 19.3 Å². The van der Waals surface area contributed by atoms with Gasteiger partial charge >= 0.3 is 12.0 Å². The molecule has 0 spiro atoms. The number of hydrogen-bond acceptors (Lipinski definition) is 3. The molecule has 0 radical (unpaired) electrons. The summed E-state index contributed by atoms with van der Waals surface area (Å²) in [4.78, 5) is 36.8. The summed E-state index contributed by atoms with van der Waals surface area (Å²) >= 11 is 0. The second-order valence-corrected chi connectivity index (χ2v) is 5.96. The topological polar surface area (TPSA) is 98.7 Å². The second kappa shape index (κ2) is 6.78. The SMILES string of the molecule is CCC(C)[C@H](NC(=O)N1CCC(C)(C(=O)NC)C1)C(=O)O. The molecule has 21 heavy (non-hydrogen) atoms. The predicted molar refractivity (Wildman–Crippen MR) is 77.8 cm³/mol. The highest BCUT2D eigenvalue weighted by atomic mass is 16.4. The minimum absolute atomic E-state index is 0.102. The molecule has 1 fully saturated rings. The van der Waals surface area contributed by atoms with E-state index in [-0.39, 0.29) is 11.8 Å². The smallest absolute Gasteiger partial charge is 0.326 e. The Morgan fingerprint density at radius 1 is 1.38 bits per heavy atom. The molecular formula is C14H25N3O4. The van der Waals surface area contributed by atoms with Crippen LogP contribution in [0.15, 0.2) is 0 Å². The van der Waals surface area contributed by atoms with Crippen molar-refractivity contribution >= 4 is 17.9 Å². The lowest BCUT2D eigenvalue weighted by atomic mass is 9.89. The van der Waals surface area contributed by atoms with Crippen molar-refractivity contribution in [3.63, 3.8) is 0 Å². The van der Waals surface area contributed by atoms with E-state index >= 15 is 0 Å². The number of carbonyl (C=O) groups excluding carboxylic acids is 2. The number of rotatable bonds is 5. The highest BCUT2D eigenvalue weighted by Gasteiger charge is 2.42. The number of aliphatic carboxylic acids is 1. The molecule has 0 aromatic rings. The largest absolute Gasteiger partial charge is 0.480 e. The monoisotopic (exact) mass is 299 g/mol. The van der Waals surface area contributed by atoms with E-state index in [4.69, 9.17) is 0 Å². The lowest BCUT2D eigenvalue weighted by molar-refractivity contribution is -0.140. The van der Waals surface area contributed by atoms with Crippen molar-refractivity contribution in [3.8, 4) is 0 Å². The van der Waals surface area contributed by atoms with Crippen molar-refractivity contribution in [2.45, 2.75) is 39.7 Å². The van der Waals surface area contributed by atoms with Gasteiger partial charge in [0.05, 0.1) is 5.41 Å². The molecule has 3 atom stereocenters. The molecule has 0 aliphatic carbocycles. The number of likely N-dealkylation sites (tertiary alicyclic amines) is 1. The van der Waals surface area contributed by atoms with Crippen LogP contribution in [-0.4, -0.2) is 54.1 Å². The fourth-order valence-electron chi connectivity index (χ4n) is 2.53. The standard InChI is InChI=1S/C14H25N3O4/c1-5-9(2)10(11(18)19)16-13(21)17-7-6-14(3,8-17)12(20)15-4/h9-10H,5-8H2,1-4H3,(H,15,20)(H,16,21)(H,18,19)/t9?,10-,14?/m0/s1. The van der Waals surface area contributed by atoms with Crippen LogP contribution in [0, 0.1) is 11.3 Å². The Labute approximate surface area is 125 Å². The van der Waals surface area contributed by atoms with Gasteiger partial charge in [-0.25, -0.2) is 9.59 Å². The van der Waals surface area contributed by atoms with Gasteiger partial charge in [-0.1, -0.05) is 20.3 Å². The van der Waals surface area contributed by atoms with Gasteiger partial charge in [0.15, 0.2) is 0 Å². The molecule has 0 aromatic carbocycles. The number of nitrogens with zero attached hydrogens (tertiary/aromatic N) is 1. The summed E-state index contributed by atoms with van der Waals surface area (Å²) in [6.45, 7) is 6.22. The van der Waals surface area contributed by atoms with Crippen LogP contribution in [0.5, 0.6) is 0 Å². The average Bonchev–Trinajstić information content (AvgIpc) is 2.86. The Balaban J connectivity index is 2.69. The van der Waals surface area contributed by atoms with Gasteiger partial charge < -0.3 is 20.6 Å². The van der Waals surface area contributed by atoms with Crippen LogP contribution in [0.1, 0.15) is 33.6 Å². The summed E-state index contributed by atoms with van der Waals surface area (Å²) in [7, 11) is 1.57. The first kappa shape index (κ1) is 17.3. The van der Waals surface area contributed by atoms with Crippen LogP contribution >= 0.6 is 0 Å². The molecule has 1 heterocycles. The minimum Gasteiger partial charge on any atom is -0.480 e. The number of hydrogen-bond donors (Lipinski definition) is 3. The molecule has 3 amide bonds. The van der Waals surface area contributed by atoms with E-state index in [1.54, 1.807) is 14.0 Å². The molecule has 3 N–H and O–H groups in total. The van der Waals surface area contributed by atoms with Gasteiger partial charge in [-0.3, -0.25) is 4.79 Å². The van der Waals surface area contributed by atoms with Crippen LogP contribution < -0.4 is 10.6 Å². The van der Waals surface area contributed by atoms with E-state index in [2.05, 4.69) is 10.6 Å². The first-order chi connectivity index (χ1) is 9.75. The molecule has 120 valence electrons. The van der Waals surface area contributed by atoms with Gasteiger partial charge in [0.25, 0.3) is 0 Å². The summed E-state index contributed by atoms with van der Waals surface area (Å²) in [6.07, 6.45) is 1.23. The lowest BCUT2D eigenvalue weighted by Gasteiger charge is -2.26. The van der Waals surface area contributed by atoms with E-state index in [1.807, 2.05) is 13.8 Å². The van der Waals surface area contributed by atoms with E-state index in [1.165, 1.54) is 4.90 Å². The Kier molecular flexibility index (Phi) is 5.57. The third kappa shape index (κ3) is 3.86. The molecular weight excluding hydrogens is 274 g/mol. The number of nitrogens with one attached hydrogen (secondary N) is 2. The van der Waals surface area contributed by atoms with Crippen molar-refractivity contribution in [3.05, 3.63) is 0 Å². The van der Waals surface area contributed by atoms with Crippen LogP contribution in [0.3, 0.4) is 0 Å². The molecule has 2 unspecified atom stereocenters. The van der Waals surface area contributed by atoms with Crippen molar-refractivity contribution in [1.82, 2.24) is 15.5 Å². The lowest BCUT2D eigenvalue weighted by Crippen LogP contribution is -2.50. The molecule has 0 aromatic heterocycles. The molecule has 1 saturated heterocycles. The minimum atomic E-state index is -1.04. The van der Waals surface area contributed by atoms with Crippen LogP contribution in [-0.2, 0) is 9.59 Å². The van der Waals surface area contributed by atoms with E-state index in [9.17, 15) is 19.5 Å². The zero-order valence-electron chi connectivity index (χ0n) is 13.1. The van der Waals surface area contributed by atoms with Gasteiger partial charge in [0, 0.05) is 20.1 Å². The number of carboxylic acid groups (broad SMARTS) is 1. The van der Waals surface area contributed by atoms with Gasteiger partial charge in [0.2, 0.25) is 5.91 Å². The fourth-order valence-corrected chi connectivity index (χ4v) is 2.53. The summed E-state index contributed by atoms with van der Waals surface area (Å²) in [6, 6.07) is -1.33. The van der Waals surface area contributed by atoms with Crippen molar-refractivity contribution in [2.24, 2.45) is 11.3 Å². The average molecular weight is 299 g/mol. The van der Waals surface area contributed by atoms with Crippen molar-refractivity contribution in [1.29, 1.82) is 0 Å². The number of amides is 3. The Morgan fingerprint density at radius 2 is 2.00 bits per heavy atom. The predicted octanol–water partition coefficient (Wildman–Crippen LogP) is 0.653. The van der Waals surface area contributed by atoms with Gasteiger partial charge in [-0.15, -0.1) is 0 Å². The number of carboxylic acids is 1. The maximum atomic E-state index is 12.2. The van der Waals surface area contributed by atoms with Gasteiger partial charge in [0.1, 0.15) is 6.04 Å². The zero-order valence-corrected chi connectivity index (χ0v) is 13.1. The Hall–Kier alpha value is -1.79. The van der Waals surface area contributed by atoms with E-state index < -0.39 is 23.5 Å². The summed E-state index contributed by atoms with van der Waals surface area (Å²) < 4.78 is 0. The van der Waals surface area contributed by atoms with Crippen molar-refractivity contribution < 1.29 is 19.5 Å². The zero-order chi connectivity index (χ0) is 16.2. The van der Waals surface area contributed by atoms with Crippen molar-refractivity contribution in [2.75, 3.05) is 20.1 Å². The Morgan fingerprint density at radius 3 is 2.48 bits per heavy atom. The molecule has 7 nitrogen and oxygen atoms in total. The van der Waals surface area contributed by atoms with Crippen LogP contribution in [0.2, 0.25) is 0 Å². The fraction of sp³-hybridized carbons (Fsp3) is 0.786.